The van der Waals surface area contributed by atoms with E-state index in [2.05, 4.69) is 13.0 Å². The summed E-state index contributed by atoms with van der Waals surface area (Å²) in [6, 6.07) is 0. The van der Waals surface area contributed by atoms with E-state index in [1.807, 2.05) is 19.9 Å². The summed E-state index contributed by atoms with van der Waals surface area (Å²) in [5.41, 5.74) is -0.149. The highest BCUT2D eigenvalue weighted by Crippen LogP contribution is 2.35. The topological polar surface area (TPSA) is 26.3 Å². The number of allylic oxidation sites excluding steroid dienone is 2. The lowest BCUT2D eigenvalue weighted by Crippen LogP contribution is -2.38. The van der Waals surface area contributed by atoms with Gasteiger partial charge in [0, 0.05) is 0 Å². The van der Waals surface area contributed by atoms with Crippen molar-refractivity contribution in [3.05, 3.63) is 12.2 Å². The van der Waals surface area contributed by atoms with Crippen LogP contribution >= 0.6 is 0 Å². The third-order valence-electron chi connectivity index (χ3n) is 4.13. The van der Waals surface area contributed by atoms with Gasteiger partial charge in [-0.1, -0.05) is 32.4 Å². The number of hydrogen-bond donors (Lipinski definition) is 0. The highest BCUT2D eigenvalue weighted by atomic mass is 16.6. The maximum atomic E-state index is 12.1. The number of hydrogen-bond acceptors (Lipinski definition) is 2. The van der Waals surface area contributed by atoms with Crippen LogP contribution in [0.4, 0.5) is 0 Å². The molecule has 1 rings (SSSR count). The van der Waals surface area contributed by atoms with Crippen LogP contribution in [0.25, 0.3) is 0 Å². The zero-order valence-electron chi connectivity index (χ0n) is 12.2. The monoisotopic (exact) mass is 252 g/mol. The molecule has 0 aromatic rings. The van der Waals surface area contributed by atoms with Crippen molar-refractivity contribution in [2.45, 2.75) is 77.7 Å². The van der Waals surface area contributed by atoms with Gasteiger partial charge in [-0.15, -0.1) is 0 Å². The van der Waals surface area contributed by atoms with Crippen LogP contribution in [0, 0.1) is 5.92 Å². The lowest BCUT2D eigenvalue weighted by molar-refractivity contribution is -0.168. The van der Waals surface area contributed by atoms with E-state index in [1.165, 1.54) is 19.3 Å². The molecule has 0 spiro atoms. The summed E-state index contributed by atoms with van der Waals surface area (Å²) >= 11 is 0. The zero-order chi connectivity index (χ0) is 13.4. The van der Waals surface area contributed by atoms with Crippen LogP contribution in [-0.4, -0.2) is 11.6 Å². The third-order valence-corrected chi connectivity index (χ3v) is 4.13. The number of carbonyl (C=O) groups is 1. The van der Waals surface area contributed by atoms with E-state index in [0.717, 1.165) is 32.1 Å². The molecule has 1 atom stereocenters. The Morgan fingerprint density at radius 2 is 2.00 bits per heavy atom. The molecule has 104 valence electrons. The predicted octanol–water partition coefficient (Wildman–Crippen LogP) is 4.63. The fraction of sp³-hybridized carbons (Fsp3) is 0.812. The van der Waals surface area contributed by atoms with Gasteiger partial charge in [-0.05, 0) is 51.9 Å². The fourth-order valence-corrected chi connectivity index (χ4v) is 2.67. The smallest absolute Gasteiger partial charge is 0.309 e. The molecule has 1 aliphatic rings. The van der Waals surface area contributed by atoms with E-state index >= 15 is 0 Å². The van der Waals surface area contributed by atoms with Crippen molar-refractivity contribution < 1.29 is 9.53 Å². The van der Waals surface area contributed by atoms with Crippen molar-refractivity contribution >= 4 is 5.97 Å². The average Bonchev–Trinajstić information content (AvgIpc) is 2.40. The van der Waals surface area contributed by atoms with Crippen LogP contribution in [0.2, 0.25) is 0 Å². The minimum atomic E-state index is -0.149. The summed E-state index contributed by atoms with van der Waals surface area (Å²) in [4.78, 5) is 12.1. The molecule has 1 fully saturated rings. The molecule has 0 aromatic heterocycles. The van der Waals surface area contributed by atoms with Gasteiger partial charge in [0.05, 0.1) is 5.92 Å². The summed E-state index contributed by atoms with van der Waals surface area (Å²) in [7, 11) is 0. The van der Waals surface area contributed by atoms with Crippen molar-refractivity contribution in [2.24, 2.45) is 5.92 Å². The first-order valence-electron chi connectivity index (χ1n) is 7.47. The summed E-state index contributed by atoms with van der Waals surface area (Å²) in [6.07, 6.45) is 12.8. The van der Waals surface area contributed by atoms with Gasteiger partial charge in [-0.3, -0.25) is 4.79 Å². The molecule has 18 heavy (non-hydrogen) atoms. The quantitative estimate of drug-likeness (QED) is 0.508. The lowest BCUT2D eigenvalue weighted by Gasteiger charge is -2.36. The second-order valence-corrected chi connectivity index (χ2v) is 5.57. The zero-order valence-corrected chi connectivity index (χ0v) is 12.2. The molecule has 1 aliphatic carbocycles. The van der Waals surface area contributed by atoms with Crippen LogP contribution in [0.5, 0.6) is 0 Å². The fourth-order valence-electron chi connectivity index (χ4n) is 2.67. The Hall–Kier alpha value is -0.790. The Kier molecular flexibility index (Phi) is 6.45. The van der Waals surface area contributed by atoms with Crippen LogP contribution in [0.3, 0.4) is 0 Å². The molecule has 0 N–H and O–H groups in total. The summed E-state index contributed by atoms with van der Waals surface area (Å²) in [6.45, 7) is 6.14. The second-order valence-electron chi connectivity index (χ2n) is 5.57. The van der Waals surface area contributed by atoms with Crippen molar-refractivity contribution in [1.82, 2.24) is 0 Å². The lowest BCUT2D eigenvalue weighted by atomic mass is 9.82. The van der Waals surface area contributed by atoms with Crippen molar-refractivity contribution in [3.8, 4) is 0 Å². The molecular weight excluding hydrogens is 224 g/mol. The van der Waals surface area contributed by atoms with Gasteiger partial charge >= 0.3 is 5.97 Å². The van der Waals surface area contributed by atoms with E-state index in [-0.39, 0.29) is 17.5 Å². The summed E-state index contributed by atoms with van der Waals surface area (Å²) in [5.74, 6) is 0.0230. The van der Waals surface area contributed by atoms with Gasteiger partial charge in [0.1, 0.15) is 5.60 Å². The van der Waals surface area contributed by atoms with Gasteiger partial charge in [0.25, 0.3) is 0 Å². The Morgan fingerprint density at radius 1 is 1.33 bits per heavy atom. The Labute approximate surface area is 112 Å². The van der Waals surface area contributed by atoms with Gasteiger partial charge in [0.15, 0.2) is 0 Å². The molecule has 1 unspecified atom stereocenters. The maximum Gasteiger partial charge on any atom is 0.309 e. The molecule has 0 amide bonds. The number of carbonyl (C=O) groups excluding carboxylic acids is 1. The third kappa shape index (κ3) is 4.47. The van der Waals surface area contributed by atoms with E-state index in [4.69, 9.17) is 4.74 Å². The highest BCUT2D eigenvalue weighted by Gasteiger charge is 2.35. The first-order valence-corrected chi connectivity index (χ1v) is 7.47. The second kappa shape index (κ2) is 7.60. The van der Waals surface area contributed by atoms with Crippen LogP contribution in [-0.2, 0) is 9.53 Å². The van der Waals surface area contributed by atoms with Crippen LogP contribution in [0.1, 0.15) is 72.1 Å². The van der Waals surface area contributed by atoms with Gasteiger partial charge in [-0.25, -0.2) is 0 Å². The normalized spacial score (nSPS) is 20.8. The highest BCUT2D eigenvalue weighted by molar-refractivity contribution is 5.72. The molecule has 0 bridgehead atoms. The standard InChI is InChI=1S/C16H28O2/c1-4-6-8-11-14(3)15(17)18-16(5-2)12-9-7-10-13-16/h4,6,14H,5,7-13H2,1-3H3. The van der Waals surface area contributed by atoms with E-state index in [0.29, 0.717) is 0 Å². The van der Waals surface area contributed by atoms with E-state index < -0.39 is 0 Å². The Morgan fingerprint density at radius 3 is 2.56 bits per heavy atom. The molecule has 2 heteroatoms. The first-order chi connectivity index (χ1) is 8.63. The molecule has 0 aliphatic heterocycles. The average molecular weight is 252 g/mol. The molecule has 1 saturated carbocycles. The van der Waals surface area contributed by atoms with Gasteiger partial charge < -0.3 is 4.74 Å². The number of rotatable bonds is 6. The van der Waals surface area contributed by atoms with Gasteiger partial charge in [-0.2, -0.15) is 0 Å². The molecule has 0 aromatic carbocycles. The largest absolute Gasteiger partial charge is 0.459 e. The summed E-state index contributed by atoms with van der Waals surface area (Å²) in [5, 5.41) is 0. The predicted molar refractivity (Wildman–Crippen MR) is 75.4 cm³/mol. The maximum absolute atomic E-state index is 12.1. The Bertz CT molecular complexity index is 275. The van der Waals surface area contributed by atoms with Crippen molar-refractivity contribution in [2.75, 3.05) is 0 Å². The SMILES string of the molecule is CC=CCCC(C)C(=O)OC1(CC)CCCCC1. The van der Waals surface area contributed by atoms with Crippen LogP contribution in [0.15, 0.2) is 12.2 Å². The molecule has 2 nitrogen and oxygen atoms in total. The minimum absolute atomic E-state index is 0.00301. The summed E-state index contributed by atoms with van der Waals surface area (Å²) < 4.78 is 5.86. The van der Waals surface area contributed by atoms with Crippen molar-refractivity contribution in [1.29, 1.82) is 0 Å². The molecular formula is C16H28O2. The van der Waals surface area contributed by atoms with Crippen LogP contribution < -0.4 is 0 Å². The molecule has 0 radical (unpaired) electrons. The molecule has 0 saturated heterocycles. The van der Waals surface area contributed by atoms with E-state index in [1.54, 1.807) is 0 Å². The number of esters is 1. The van der Waals surface area contributed by atoms with E-state index in [9.17, 15) is 4.79 Å². The van der Waals surface area contributed by atoms with Crippen molar-refractivity contribution in [3.63, 3.8) is 0 Å². The minimum Gasteiger partial charge on any atom is -0.459 e. The van der Waals surface area contributed by atoms with Gasteiger partial charge in [0.2, 0.25) is 0 Å². The Balaban J connectivity index is 2.45. The number of ether oxygens (including phenoxy) is 1. The first kappa shape index (κ1) is 15.3. The molecule has 0 heterocycles.